The van der Waals surface area contributed by atoms with Gasteiger partial charge in [0.15, 0.2) is 11.6 Å². The summed E-state index contributed by atoms with van der Waals surface area (Å²) in [4.78, 5) is 68.7. The Morgan fingerprint density at radius 1 is 1.13 bits per heavy atom. The quantitative estimate of drug-likeness (QED) is 0.342. The molecular formula is C32H52N6O7. The molecule has 2 saturated heterocycles. The van der Waals surface area contributed by atoms with E-state index in [0.29, 0.717) is 12.4 Å². The Hall–Kier alpha value is -3.90. The number of nitrogens with two attached hydrogens (primary N) is 1. The number of fused-ring (bicyclic) bond motifs is 1. The Bertz CT molecular complexity index is 1170. The van der Waals surface area contributed by atoms with Gasteiger partial charge >= 0.3 is 6.09 Å². The molecule has 45 heavy (non-hydrogen) atoms. The summed E-state index contributed by atoms with van der Waals surface area (Å²) in [6.45, 7) is 12.0. The minimum absolute atomic E-state index is 0.00876. The SMILES string of the molecule is CC(C)(C)OC(=O)NCC(=O)N1CC2CCCCC2[C@H]1C(=O)N1CC(C=O)CC1C(N)=O.CC(C)C.CNc1ncccc1O. The van der Waals surface area contributed by atoms with Gasteiger partial charge < -0.3 is 40.8 Å². The minimum Gasteiger partial charge on any atom is -0.504 e. The lowest BCUT2D eigenvalue weighted by atomic mass is 9.78. The van der Waals surface area contributed by atoms with Crippen molar-refractivity contribution < 1.29 is 33.8 Å². The Morgan fingerprint density at radius 3 is 2.31 bits per heavy atom. The van der Waals surface area contributed by atoms with E-state index in [1.165, 1.54) is 9.80 Å². The van der Waals surface area contributed by atoms with Crippen LogP contribution >= 0.6 is 0 Å². The van der Waals surface area contributed by atoms with Gasteiger partial charge in [-0.2, -0.15) is 0 Å². The number of likely N-dealkylation sites (tertiary alicyclic amines) is 2. The number of ether oxygens (including phenoxy) is 1. The maximum atomic E-state index is 13.6. The molecule has 1 aliphatic carbocycles. The van der Waals surface area contributed by atoms with E-state index in [0.717, 1.165) is 37.9 Å². The zero-order valence-electron chi connectivity index (χ0n) is 27.7. The molecule has 1 aromatic rings. The first-order chi connectivity index (χ1) is 21.1. The Balaban J connectivity index is 0.000000451. The monoisotopic (exact) mass is 632 g/mol. The summed E-state index contributed by atoms with van der Waals surface area (Å²) in [5.41, 5.74) is 4.82. The number of nitrogens with one attached hydrogen (secondary N) is 2. The number of nitrogens with zero attached hydrogens (tertiary/aromatic N) is 3. The molecule has 5 N–H and O–H groups in total. The lowest BCUT2D eigenvalue weighted by molar-refractivity contribution is -0.147. The van der Waals surface area contributed by atoms with Gasteiger partial charge in [-0.1, -0.05) is 33.6 Å². The molecule has 4 rings (SSSR count). The van der Waals surface area contributed by atoms with E-state index < -0.39 is 35.6 Å². The predicted molar refractivity (Wildman–Crippen MR) is 170 cm³/mol. The van der Waals surface area contributed by atoms with Crippen molar-refractivity contribution in [2.45, 2.75) is 91.3 Å². The van der Waals surface area contributed by atoms with Crippen LogP contribution in [0, 0.1) is 23.7 Å². The molecule has 252 valence electrons. The molecular weight excluding hydrogens is 580 g/mol. The third kappa shape index (κ3) is 11.2. The molecule has 13 heteroatoms. The number of hydrogen-bond donors (Lipinski definition) is 4. The lowest BCUT2D eigenvalue weighted by Crippen LogP contribution is -2.55. The van der Waals surface area contributed by atoms with Gasteiger partial charge in [0.1, 0.15) is 30.5 Å². The van der Waals surface area contributed by atoms with Gasteiger partial charge in [-0.15, -0.1) is 0 Å². The van der Waals surface area contributed by atoms with Crippen LogP contribution in [0.5, 0.6) is 5.75 Å². The molecule has 3 fully saturated rings. The maximum absolute atomic E-state index is 13.6. The molecule has 0 bridgehead atoms. The number of carbonyl (C=O) groups is 5. The number of anilines is 1. The molecule has 3 heterocycles. The number of rotatable bonds is 6. The molecule has 3 aliphatic rings. The van der Waals surface area contributed by atoms with Crippen molar-refractivity contribution >= 4 is 35.9 Å². The number of aromatic hydroxyl groups is 1. The van der Waals surface area contributed by atoms with E-state index >= 15 is 0 Å². The molecule has 5 atom stereocenters. The first-order valence-corrected chi connectivity index (χ1v) is 15.7. The summed E-state index contributed by atoms with van der Waals surface area (Å²) < 4.78 is 5.19. The normalized spacial score (nSPS) is 23.9. The molecule has 1 aromatic heterocycles. The largest absolute Gasteiger partial charge is 0.504 e. The fourth-order valence-electron chi connectivity index (χ4n) is 5.85. The van der Waals surface area contributed by atoms with Crippen molar-refractivity contribution in [1.82, 2.24) is 20.1 Å². The molecule has 4 unspecified atom stereocenters. The summed E-state index contributed by atoms with van der Waals surface area (Å²) in [7, 11) is 1.71. The second kappa shape index (κ2) is 17.0. The number of primary amides is 1. The highest BCUT2D eigenvalue weighted by Crippen LogP contribution is 2.42. The van der Waals surface area contributed by atoms with Gasteiger partial charge in [0.25, 0.3) is 0 Å². The highest BCUT2D eigenvalue weighted by atomic mass is 16.6. The van der Waals surface area contributed by atoms with Crippen LogP contribution in [0.1, 0.15) is 73.6 Å². The lowest BCUT2D eigenvalue weighted by Gasteiger charge is -2.34. The summed E-state index contributed by atoms with van der Waals surface area (Å²) in [5.74, 6) is -0.0883. The van der Waals surface area contributed by atoms with Gasteiger partial charge in [-0.3, -0.25) is 14.4 Å². The Morgan fingerprint density at radius 2 is 1.78 bits per heavy atom. The second-order valence-corrected chi connectivity index (χ2v) is 13.4. The number of carbonyl (C=O) groups excluding carboxylic acids is 5. The summed E-state index contributed by atoms with van der Waals surface area (Å²) >= 11 is 0. The topological polar surface area (TPSA) is 184 Å². The van der Waals surface area contributed by atoms with E-state index in [1.54, 1.807) is 46.1 Å². The highest BCUT2D eigenvalue weighted by molar-refractivity contribution is 5.94. The van der Waals surface area contributed by atoms with Crippen LogP contribution in [0.4, 0.5) is 10.6 Å². The summed E-state index contributed by atoms with van der Waals surface area (Å²) in [6.07, 6.45) is 5.62. The van der Waals surface area contributed by atoms with Crippen LogP contribution in [0.15, 0.2) is 18.3 Å². The molecule has 0 radical (unpaired) electrons. The van der Waals surface area contributed by atoms with Gasteiger partial charge in [0.2, 0.25) is 17.7 Å². The number of amides is 4. The highest BCUT2D eigenvalue weighted by Gasteiger charge is 2.51. The molecule has 2 aliphatic heterocycles. The number of aromatic nitrogens is 1. The number of hydrogen-bond acceptors (Lipinski definition) is 9. The summed E-state index contributed by atoms with van der Waals surface area (Å²) in [6, 6.07) is 1.69. The smallest absolute Gasteiger partial charge is 0.408 e. The van der Waals surface area contributed by atoms with Crippen molar-refractivity contribution in [3.8, 4) is 5.75 Å². The van der Waals surface area contributed by atoms with E-state index in [-0.39, 0.29) is 48.9 Å². The third-order valence-electron chi connectivity index (χ3n) is 7.66. The van der Waals surface area contributed by atoms with Crippen molar-refractivity contribution in [2.24, 2.45) is 29.4 Å². The Labute approximate surface area is 266 Å². The van der Waals surface area contributed by atoms with E-state index in [9.17, 15) is 24.0 Å². The van der Waals surface area contributed by atoms with E-state index in [2.05, 4.69) is 36.4 Å². The van der Waals surface area contributed by atoms with Crippen molar-refractivity contribution in [3.05, 3.63) is 18.3 Å². The fraction of sp³-hybridized carbons (Fsp3) is 0.688. The minimum atomic E-state index is -0.850. The van der Waals surface area contributed by atoms with E-state index in [4.69, 9.17) is 15.6 Å². The van der Waals surface area contributed by atoms with Crippen LogP contribution < -0.4 is 16.4 Å². The van der Waals surface area contributed by atoms with Gasteiger partial charge in [0.05, 0.1) is 0 Å². The van der Waals surface area contributed by atoms with Crippen LogP contribution in [-0.4, -0.2) is 94.4 Å². The Kier molecular flexibility index (Phi) is 14.1. The first kappa shape index (κ1) is 37.3. The van der Waals surface area contributed by atoms with Crippen molar-refractivity contribution in [3.63, 3.8) is 0 Å². The molecule has 4 amide bonds. The average molecular weight is 633 g/mol. The average Bonchev–Trinajstić information content (AvgIpc) is 3.58. The van der Waals surface area contributed by atoms with Crippen molar-refractivity contribution in [1.29, 1.82) is 0 Å². The van der Waals surface area contributed by atoms with Gasteiger partial charge in [0, 0.05) is 32.3 Å². The first-order valence-electron chi connectivity index (χ1n) is 15.7. The van der Waals surface area contributed by atoms with Crippen molar-refractivity contribution in [2.75, 3.05) is 32.0 Å². The number of pyridine rings is 1. The van der Waals surface area contributed by atoms with Gasteiger partial charge in [-0.25, -0.2) is 9.78 Å². The maximum Gasteiger partial charge on any atom is 0.408 e. The van der Waals surface area contributed by atoms with Gasteiger partial charge in [-0.05, 0) is 69.9 Å². The summed E-state index contributed by atoms with van der Waals surface area (Å²) in [5, 5.41) is 14.2. The molecule has 0 spiro atoms. The molecule has 13 nitrogen and oxygen atoms in total. The van der Waals surface area contributed by atoms with Crippen LogP contribution in [0.2, 0.25) is 0 Å². The zero-order chi connectivity index (χ0) is 33.9. The van der Waals surface area contributed by atoms with Crippen LogP contribution in [-0.2, 0) is 23.9 Å². The molecule has 1 saturated carbocycles. The predicted octanol–water partition coefficient (Wildman–Crippen LogP) is 2.92. The van der Waals surface area contributed by atoms with E-state index in [1.807, 2.05) is 0 Å². The van der Waals surface area contributed by atoms with Crippen LogP contribution in [0.3, 0.4) is 0 Å². The number of aldehydes is 1. The number of alkyl carbamates (subject to hydrolysis) is 1. The second-order valence-electron chi connectivity index (χ2n) is 13.4. The molecule has 0 aromatic carbocycles. The van der Waals surface area contributed by atoms with Crippen LogP contribution in [0.25, 0.3) is 0 Å². The fourth-order valence-corrected chi connectivity index (χ4v) is 5.85. The third-order valence-corrected chi connectivity index (χ3v) is 7.66. The standard InChI is InChI=1S/C22H34N4O6.C6H8N2O.C4H10/c1-22(2,3)32-21(31)24-9-17(28)26-11-14-6-4-5-7-15(14)18(26)20(30)25-10-13(12-27)8-16(25)19(23)29;1-7-6-5(9)3-2-4-8-6;1-4(2)3/h12-16,18H,4-11H2,1-3H3,(H2,23,29)(H,24,31);2-4,9H,1H3,(H,7,8);4H,1-3H3/t13?,14?,15?,16?,18-;;/m0../s1. The zero-order valence-corrected chi connectivity index (χ0v) is 27.7.